The van der Waals surface area contributed by atoms with E-state index in [1.54, 1.807) is 13.4 Å². The molecule has 7 heteroatoms. The highest BCUT2D eigenvalue weighted by atomic mass is 32.2. The molecule has 0 saturated carbocycles. The Kier molecular flexibility index (Phi) is 6.33. The van der Waals surface area contributed by atoms with E-state index < -0.39 is 0 Å². The number of thioether (sulfide) groups is 1. The summed E-state index contributed by atoms with van der Waals surface area (Å²) in [4.78, 5) is 14.5. The molecule has 1 fully saturated rings. The van der Waals surface area contributed by atoms with E-state index in [4.69, 9.17) is 4.74 Å². The van der Waals surface area contributed by atoms with Gasteiger partial charge < -0.3 is 9.64 Å². The number of carbonyl (C=O) groups excluding carboxylic acids is 1. The number of ether oxygens (including phenoxy) is 1. The van der Waals surface area contributed by atoms with Crippen LogP contribution in [-0.2, 0) is 4.79 Å². The number of hydrogen-bond donors (Lipinski definition) is 0. The van der Waals surface area contributed by atoms with E-state index in [0.717, 1.165) is 37.4 Å². The second kappa shape index (κ2) is 8.89. The van der Waals surface area contributed by atoms with Gasteiger partial charge in [-0.2, -0.15) is 0 Å². The summed E-state index contributed by atoms with van der Waals surface area (Å²) < 4.78 is 7.15. The van der Waals surface area contributed by atoms with Crippen LogP contribution in [0.4, 0.5) is 0 Å². The Morgan fingerprint density at radius 1 is 1.20 bits per heavy atom. The number of amides is 1. The molecular weight excluding hydrogens is 336 g/mol. The highest BCUT2D eigenvalue weighted by molar-refractivity contribution is 7.99. The number of nitrogens with zero attached hydrogens (tertiary/aromatic N) is 4. The van der Waals surface area contributed by atoms with E-state index in [2.05, 4.69) is 10.2 Å². The van der Waals surface area contributed by atoms with E-state index >= 15 is 0 Å². The van der Waals surface area contributed by atoms with Crippen LogP contribution in [-0.4, -0.2) is 51.5 Å². The maximum absolute atomic E-state index is 12.5. The second-order valence-corrected chi connectivity index (χ2v) is 7.06. The lowest BCUT2D eigenvalue weighted by Gasteiger charge is -2.24. The topological polar surface area (TPSA) is 60.2 Å². The lowest BCUT2D eigenvalue weighted by Crippen LogP contribution is -2.35. The van der Waals surface area contributed by atoms with Gasteiger partial charge in [-0.15, -0.1) is 10.2 Å². The highest BCUT2D eigenvalue weighted by Gasteiger charge is 2.17. The Morgan fingerprint density at radius 2 is 1.96 bits per heavy atom. The van der Waals surface area contributed by atoms with Gasteiger partial charge in [-0.1, -0.05) is 37.1 Å². The molecule has 2 heterocycles. The fourth-order valence-corrected chi connectivity index (χ4v) is 3.81. The monoisotopic (exact) mass is 360 g/mol. The van der Waals surface area contributed by atoms with Gasteiger partial charge in [0.2, 0.25) is 5.91 Å². The highest BCUT2D eigenvalue weighted by Crippen LogP contribution is 2.23. The molecule has 3 rings (SSSR count). The number of rotatable bonds is 5. The predicted molar refractivity (Wildman–Crippen MR) is 98.3 cm³/mol. The Morgan fingerprint density at radius 3 is 2.72 bits per heavy atom. The second-order valence-electron chi connectivity index (χ2n) is 6.12. The van der Waals surface area contributed by atoms with Crippen LogP contribution < -0.4 is 4.74 Å². The van der Waals surface area contributed by atoms with Crippen LogP contribution in [0.3, 0.4) is 0 Å². The SMILES string of the molecule is COc1cccc(-n2cnnc2SCC(=O)N2CCCCCCC2)c1. The molecule has 1 aromatic heterocycles. The molecule has 25 heavy (non-hydrogen) atoms. The van der Waals surface area contributed by atoms with Crippen LogP contribution in [0.5, 0.6) is 5.75 Å². The zero-order valence-electron chi connectivity index (χ0n) is 14.6. The van der Waals surface area contributed by atoms with Gasteiger partial charge >= 0.3 is 0 Å². The van der Waals surface area contributed by atoms with Gasteiger partial charge in [-0.3, -0.25) is 9.36 Å². The standard InChI is InChI=1S/C18H24N4O2S/c1-24-16-9-7-8-15(12-16)22-14-19-20-18(22)25-13-17(23)21-10-5-3-2-4-6-11-21/h7-9,12,14H,2-6,10-11,13H2,1H3. The molecule has 134 valence electrons. The van der Waals surface area contributed by atoms with E-state index in [-0.39, 0.29) is 5.91 Å². The molecule has 6 nitrogen and oxygen atoms in total. The van der Waals surface area contributed by atoms with Crippen molar-refractivity contribution in [2.24, 2.45) is 0 Å². The van der Waals surface area contributed by atoms with Gasteiger partial charge in [0, 0.05) is 19.2 Å². The molecule has 1 aliphatic rings. The van der Waals surface area contributed by atoms with E-state index in [0.29, 0.717) is 10.9 Å². The van der Waals surface area contributed by atoms with Crippen LogP contribution in [0.1, 0.15) is 32.1 Å². The zero-order valence-corrected chi connectivity index (χ0v) is 15.4. The molecule has 0 atom stereocenters. The number of likely N-dealkylation sites (tertiary alicyclic amines) is 1. The molecule has 1 aliphatic heterocycles. The third kappa shape index (κ3) is 4.75. The smallest absolute Gasteiger partial charge is 0.233 e. The molecule has 2 aromatic rings. The van der Waals surface area contributed by atoms with Gasteiger partial charge in [-0.25, -0.2) is 0 Å². The average molecular weight is 360 g/mol. The molecular formula is C18H24N4O2S. The third-order valence-corrected chi connectivity index (χ3v) is 5.31. The van der Waals surface area contributed by atoms with Gasteiger partial charge in [0.15, 0.2) is 5.16 Å². The third-order valence-electron chi connectivity index (χ3n) is 4.38. The Balaban J connectivity index is 1.63. The van der Waals surface area contributed by atoms with Crippen LogP contribution >= 0.6 is 11.8 Å². The summed E-state index contributed by atoms with van der Waals surface area (Å²) in [5.41, 5.74) is 0.922. The lowest BCUT2D eigenvalue weighted by molar-refractivity contribution is -0.128. The minimum Gasteiger partial charge on any atom is -0.497 e. The van der Waals surface area contributed by atoms with Crippen LogP contribution in [0.25, 0.3) is 5.69 Å². The van der Waals surface area contributed by atoms with Gasteiger partial charge in [0.05, 0.1) is 18.6 Å². The first-order valence-electron chi connectivity index (χ1n) is 8.73. The lowest BCUT2D eigenvalue weighted by atomic mass is 10.1. The summed E-state index contributed by atoms with van der Waals surface area (Å²) in [5, 5.41) is 8.88. The molecule has 1 aromatic carbocycles. The number of aromatic nitrogens is 3. The van der Waals surface area contributed by atoms with Crippen LogP contribution in [0.2, 0.25) is 0 Å². The van der Waals surface area contributed by atoms with Gasteiger partial charge in [0.25, 0.3) is 0 Å². The minimum atomic E-state index is 0.187. The van der Waals surface area contributed by atoms with Crippen molar-refractivity contribution < 1.29 is 9.53 Å². The summed E-state index contributed by atoms with van der Waals surface area (Å²) in [6.45, 7) is 1.75. The first-order chi connectivity index (χ1) is 12.3. The molecule has 0 N–H and O–H groups in total. The molecule has 0 bridgehead atoms. The van der Waals surface area contributed by atoms with Crippen molar-refractivity contribution in [3.8, 4) is 11.4 Å². The quantitative estimate of drug-likeness (QED) is 0.767. The Hall–Kier alpha value is -2.02. The van der Waals surface area contributed by atoms with Crippen molar-refractivity contribution in [1.82, 2.24) is 19.7 Å². The van der Waals surface area contributed by atoms with Crippen LogP contribution in [0, 0.1) is 0 Å². The maximum atomic E-state index is 12.5. The summed E-state index contributed by atoms with van der Waals surface area (Å²) in [7, 11) is 1.64. The number of carbonyl (C=O) groups is 1. The van der Waals surface area contributed by atoms with Crippen molar-refractivity contribution in [1.29, 1.82) is 0 Å². The molecule has 1 amide bonds. The summed E-state index contributed by atoms with van der Waals surface area (Å²) >= 11 is 1.43. The zero-order chi connectivity index (χ0) is 17.5. The van der Waals surface area contributed by atoms with Crippen molar-refractivity contribution >= 4 is 17.7 Å². The van der Waals surface area contributed by atoms with Crippen molar-refractivity contribution in [3.63, 3.8) is 0 Å². The summed E-state index contributed by atoms with van der Waals surface area (Å²) in [6, 6.07) is 7.71. The van der Waals surface area contributed by atoms with Crippen LogP contribution in [0.15, 0.2) is 35.7 Å². The van der Waals surface area contributed by atoms with E-state index in [9.17, 15) is 4.79 Å². The van der Waals surface area contributed by atoms with Gasteiger partial charge in [-0.05, 0) is 25.0 Å². The predicted octanol–water partition coefficient (Wildman–Crippen LogP) is 3.16. The normalized spacial score (nSPS) is 15.5. The molecule has 0 aliphatic carbocycles. The number of hydrogen-bond acceptors (Lipinski definition) is 5. The molecule has 0 radical (unpaired) electrons. The average Bonchev–Trinajstić information content (AvgIpc) is 3.08. The molecule has 0 unspecified atom stereocenters. The Bertz CT molecular complexity index is 696. The first kappa shape index (κ1) is 17.8. The van der Waals surface area contributed by atoms with E-state index in [1.165, 1.54) is 31.0 Å². The van der Waals surface area contributed by atoms with Crippen molar-refractivity contribution in [3.05, 3.63) is 30.6 Å². The molecule has 1 saturated heterocycles. The fraction of sp³-hybridized carbons (Fsp3) is 0.500. The largest absolute Gasteiger partial charge is 0.497 e. The van der Waals surface area contributed by atoms with Crippen molar-refractivity contribution in [2.75, 3.05) is 26.0 Å². The summed E-state index contributed by atoms with van der Waals surface area (Å²) in [6.07, 6.45) is 7.62. The number of methoxy groups -OCH3 is 1. The maximum Gasteiger partial charge on any atom is 0.233 e. The first-order valence-corrected chi connectivity index (χ1v) is 9.71. The van der Waals surface area contributed by atoms with Crippen molar-refractivity contribution in [2.45, 2.75) is 37.3 Å². The number of benzene rings is 1. The minimum absolute atomic E-state index is 0.187. The summed E-state index contributed by atoms with van der Waals surface area (Å²) in [5.74, 6) is 1.36. The van der Waals surface area contributed by atoms with E-state index in [1.807, 2.05) is 33.7 Å². The fourth-order valence-electron chi connectivity index (χ4n) is 2.97. The Labute approximate surface area is 152 Å². The van der Waals surface area contributed by atoms with Gasteiger partial charge in [0.1, 0.15) is 12.1 Å². The molecule has 0 spiro atoms.